The van der Waals surface area contributed by atoms with E-state index in [0.29, 0.717) is 5.92 Å². The van der Waals surface area contributed by atoms with E-state index >= 15 is 0 Å². The SMILES string of the molecule is C=C(/C(=C/C=N)Nc1ccccc1)C(C)C. The Balaban J connectivity index is 2.86. The Bertz CT molecular complexity index is 388. The number of rotatable bonds is 5. The van der Waals surface area contributed by atoms with Crippen LogP contribution in [-0.2, 0) is 0 Å². The van der Waals surface area contributed by atoms with Gasteiger partial charge in [-0.1, -0.05) is 38.6 Å². The Hall–Kier alpha value is -1.83. The second-order valence-corrected chi connectivity index (χ2v) is 3.92. The molecule has 0 aromatic heterocycles. The van der Waals surface area contributed by atoms with Gasteiger partial charge in [-0.25, -0.2) is 0 Å². The predicted molar refractivity (Wildman–Crippen MR) is 70.9 cm³/mol. The number of hydrogen-bond donors (Lipinski definition) is 2. The van der Waals surface area contributed by atoms with Crippen LogP contribution >= 0.6 is 0 Å². The summed E-state index contributed by atoms with van der Waals surface area (Å²) < 4.78 is 0. The molecular weight excluding hydrogens is 196 g/mol. The number of benzene rings is 1. The van der Waals surface area contributed by atoms with Crippen molar-refractivity contribution in [2.24, 2.45) is 5.92 Å². The van der Waals surface area contributed by atoms with Gasteiger partial charge in [0.05, 0.1) is 0 Å². The van der Waals surface area contributed by atoms with Crippen LogP contribution in [-0.4, -0.2) is 6.21 Å². The number of allylic oxidation sites excluding steroid dienone is 2. The smallest absolute Gasteiger partial charge is 0.0428 e. The molecule has 0 aliphatic heterocycles. The van der Waals surface area contributed by atoms with Crippen molar-refractivity contribution in [2.75, 3.05) is 5.32 Å². The lowest BCUT2D eigenvalue weighted by molar-refractivity contribution is 0.783. The summed E-state index contributed by atoms with van der Waals surface area (Å²) in [5.41, 5.74) is 2.92. The highest BCUT2D eigenvalue weighted by molar-refractivity contribution is 5.72. The van der Waals surface area contributed by atoms with Crippen LogP contribution in [0.4, 0.5) is 5.69 Å². The molecule has 0 fully saturated rings. The molecule has 1 aromatic rings. The van der Waals surface area contributed by atoms with Gasteiger partial charge in [0.25, 0.3) is 0 Å². The summed E-state index contributed by atoms with van der Waals surface area (Å²) in [7, 11) is 0. The van der Waals surface area contributed by atoms with Crippen LogP contribution in [0.25, 0.3) is 0 Å². The van der Waals surface area contributed by atoms with Crippen LogP contribution in [0.1, 0.15) is 13.8 Å². The predicted octanol–water partition coefficient (Wildman–Crippen LogP) is 3.84. The summed E-state index contributed by atoms with van der Waals surface area (Å²) in [5, 5.41) is 10.4. The molecule has 2 nitrogen and oxygen atoms in total. The lowest BCUT2D eigenvalue weighted by atomic mass is 10.0. The normalized spacial score (nSPS) is 11.3. The van der Waals surface area contributed by atoms with Crippen molar-refractivity contribution < 1.29 is 0 Å². The van der Waals surface area contributed by atoms with Crippen molar-refractivity contribution in [1.82, 2.24) is 0 Å². The van der Waals surface area contributed by atoms with Crippen molar-refractivity contribution in [3.63, 3.8) is 0 Å². The molecule has 0 bridgehead atoms. The fourth-order valence-electron chi connectivity index (χ4n) is 1.30. The first kappa shape index (κ1) is 12.2. The standard InChI is InChI=1S/C14H18N2/c1-11(2)12(3)14(9-10-15)16-13-7-5-4-6-8-13/h4-11,15-16H,3H2,1-2H3/b14-9-,15-10?. The van der Waals surface area contributed by atoms with Gasteiger partial charge in [-0.3, -0.25) is 0 Å². The molecule has 0 spiro atoms. The second-order valence-electron chi connectivity index (χ2n) is 3.92. The average Bonchev–Trinajstić information content (AvgIpc) is 2.29. The van der Waals surface area contributed by atoms with E-state index in [9.17, 15) is 0 Å². The van der Waals surface area contributed by atoms with Crippen molar-refractivity contribution in [3.8, 4) is 0 Å². The van der Waals surface area contributed by atoms with E-state index in [-0.39, 0.29) is 0 Å². The zero-order chi connectivity index (χ0) is 12.0. The Morgan fingerprint density at radius 1 is 1.31 bits per heavy atom. The average molecular weight is 214 g/mol. The van der Waals surface area contributed by atoms with Crippen LogP contribution in [0.5, 0.6) is 0 Å². The zero-order valence-corrected chi connectivity index (χ0v) is 9.83. The highest BCUT2D eigenvalue weighted by atomic mass is 14.9. The van der Waals surface area contributed by atoms with Gasteiger partial charge in [-0.05, 0) is 29.7 Å². The Kier molecular flexibility index (Phi) is 4.52. The molecule has 0 heterocycles. The number of anilines is 1. The van der Waals surface area contributed by atoms with E-state index < -0.39 is 0 Å². The van der Waals surface area contributed by atoms with Gasteiger partial charge >= 0.3 is 0 Å². The Morgan fingerprint density at radius 3 is 2.44 bits per heavy atom. The molecule has 1 rings (SSSR count). The van der Waals surface area contributed by atoms with E-state index in [1.807, 2.05) is 30.3 Å². The van der Waals surface area contributed by atoms with E-state index in [1.165, 1.54) is 6.21 Å². The number of nitrogens with one attached hydrogen (secondary N) is 2. The highest BCUT2D eigenvalue weighted by Gasteiger charge is 2.06. The Labute approximate surface area is 97.2 Å². The molecule has 2 heteroatoms. The molecule has 2 N–H and O–H groups in total. The molecule has 84 valence electrons. The number of para-hydroxylation sites is 1. The third-order valence-electron chi connectivity index (χ3n) is 2.35. The quantitative estimate of drug-likeness (QED) is 0.567. The van der Waals surface area contributed by atoms with Crippen molar-refractivity contribution in [3.05, 3.63) is 54.3 Å². The molecule has 0 saturated carbocycles. The maximum atomic E-state index is 7.15. The van der Waals surface area contributed by atoms with Crippen LogP contribution in [0.2, 0.25) is 0 Å². The van der Waals surface area contributed by atoms with E-state index in [1.54, 1.807) is 6.08 Å². The molecule has 0 unspecified atom stereocenters. The van der Waals surface area contributed by atoms with Crippen molar-refractivity contribution in [1.29, 1.82) is 5.41 Å². The second kappa shape index (κ2) is 5.91. The third-order valence-corrected chi connectivity index (χ3v) is 2.35. The van der Waals surface area contributed by atoms with Crippen LogP contribution in [0.3, 0.4) is 0 Å². The van der Waals surface area contributed by atoms with Crippen molar-refractivity contribution in [2.45, 2.75) is 13.8 Å². The summed E-state index contributed by atoms with van der Waals surface area (Å²) >= 11 is 0. The molecule has 16 heavy (non-hydrogen) atoms. The van der Waals surface area contributed by atoms with E-state index in [2.05, 4.69) is 25.7 Å². The summed E-state index contributed by atoms with van der Waals surface area (Å²) in [6.45, 7) is 8.22. The van der Waals surface area contributed by atoms with Gasteiger partial charge in [-0.15, -0.1) is 0 Å². The molecule has 0 amide bonds. The molecular formula is C14H18N2. The minimum absolute atomic E-state index is 0.363. The molecule has 0 aliphatic rings. The molecule has 0 radical (unpaired) electrons. The van der Waals surface area contributed by atoms with Gasteiger partial charge in [0.1, 0.15) is 0 Å². The van der Waals surface area contributed by atoms with Gasteiger partial charge in [0.15, 0.2) is 0 Å². The topological polar surface area (TPSA) is 35.9 Å². The highest BCUT2D eigenvalue weighted by Crippen LogP contribution is 2.19. The first-order chi connectivity index (χ1) is 7.65. The maximum Gasteiger partial charge on any atom is 0.0428 e. The third kappa shape index (κ3) is 3.39. The first-order valence-corrected chi connectivity index (χ1v) is 5.37. The molecule has 0 atom stereocenters. The molecule has 0 saturated heterocycles. The monoisotopic (exact) mass is 214 g/mol. The van der Waals surface area contributed by atoms with Gasteiger partial charge in [0, 0.05) is 17.6 Å². The fourth-order valence-corrected chi connectivity index (χ4v) is 1.30. The van der Waals surface area contributed by atoms with Crippen LogP contribution < -0.4 is 5.32 Å². The summed E-state index contributed by atoms with van der Waals surface area (Å²) in [5.74, 6) is 0.363. The van der Waals surface area contributed by atoms with Crippen LogP contribution in [0.15, 0.2) is 54.3 Å². The van der Waals surface area contributed by atoms with E-state index in [0.717, 1.165) is 17.0 Å². The lowest BCUT2D eigenvalue weighted by Gasteiger charge is -2.15. The molecule has 0 aliphatic carbocycles. The van der Waals surface area contributed by atoms with Crippen LogP contribution in [0, 0.1) is 11.3 Å². The zero-order valence-electron chi connectivity index (χ0n) is 9.83. The van der Waals surface area contributed by atoms with Crippen molar-refractivity contribution >= 4 is 11.9 Å². The maximum absolute atomic E-state index is 7.15. The lowest BCUT2D eigenvalue weighted by Crippen LogP contribution is -2.06. The van der Waals surface area contributed by atoms with Gasteiger partial charge < -0.3 is 10.7 Å². The summed E-state index contributed by atoms with van der Waals surface area (Å²) in [4.78, 5) is 0. The summed E-state index contributed by atoms with van der Waals surface area (Å²) in [6.07, 6.45) is 3.01. The Morgan fingerprint density at radius 2 is 1.94 bits per heavy atom. The minimum atomic E-state index is 0.363. The van der Waals surface area contributed by atoms with E-state index in [4.69, 9.17) is 5.41 Å². The van der Waals surface area contributed by atoms with Gasteiger partial charge in [0.2, 0.25) is 0 Å². The fraction of sp³-hybridized carbons (Fsp3) is 0.214. The molecule has 1 aromatic carbocycles. The largest absolute Gasteiger partial charge is 0.355 e. The number of hydrogen-bond acceptors (Lipinski definition) is 2. The van der Waals surface area contributed by atoms with Gasteiger partial charge in [-0.2, -0.15) is 0 Å². The summed E-state index contributed by atoms with van der Waals surface area (Å²) in [6, 6.07) is 9.91. The first-order valence-electron chi connectivity index (χ1n) is 5.37. The minimum Gasteiger partial charge on any atom is -0.355 e.